The molecule has 0 bridgehead atoms. The Kier molecular flexibility index (Phi) is 4.56. The number of rotatable bonds is 4. The normalized spacial score (nSPS) is 28.0. The summed E-state index contributed by atoms with van der Waals surface area (Å²) in [5.41, 5.74) is -0.0428. The van der Waals surface area contributed by atoms with Crippen molar-refractivity contribution >= 4 is 11.7 Å². The van der Waals surface area contributed by atoms with E-state index in [0.717, 1.165) is 25.3 Å². The van der Waals surface area contributed by atoms with Gasteiger partial charge in [-0.25, -0.2) is 4.68 Å². The Labute approximate surface area is 135 Å². The zero-order valence-corrected chi connectivity index (χ0v) is 13.7. The van der Waals surface area contributed by atoms with E-state index in [2.05, 4.69) is 20.6 Å². The molecule has 2 aliphatic rings. The van der Waals surface area contributed by atoms with Gasteiger partial charge in [0.1, 0.15) is 11.4 Å². The minimum atomic E-state index is -0.589. The average Bonchev–Trinajstić information content (AvgIpc) is 3.00. The van der Waals surface area contributed by atoms with E-state index >= 15 is 0 Å². The van der Waals surface area contributed by atoms with Crippen LogP contribution in [0.5, 0.6) is 0 Å². The van der Waals surface area contributed by atoms with Gasteiger partial charge in [-0.2, -0.15) is 5.10 Å². The fourth-order valence-electron chi connectivity index (χ4n) is 3.17. The summed E-state index contributed by atoms with van der Waals surface area (Å²) in [4.78, 5) is 14.6. The number of ether oxygens (including phenoxy) is 1. The number of aryl methyl sites for hydroxylation is 1. The van der Waals surface area contributed by atoms with Gasteiger partial charge in [-0.05, 0) is 20.4 Å². The minimum Gasteiger partial charge on any atom is -0.394 e. The molecule has 23 heavy (non-hydrogen) atoms. The number of anilines is 1. The molecule has 3 rings (SSSR count). The quantitative estimate of drug-likeness (QED) is 0.693. The van der Waals surface area contributed by atoms with Crippen molar-refractivity contribution in [1.82, 2.24) is 20.0 Å². The van der Waals surface area contributed by atoms with Crippen LogP contribution in [0.15, 0.2) is 6.20 Å². The Morgan fingerprint density at radius 2 is 2.48 bits per heavy atom. The predicted molar refractivity (Wildman–Crippen MR) is 85.5 cm³/mol. The first-order chi connectivity index (χ1) is 11.1. The van der Waals surface area contributed by atoms with E-state index < -0.39 is 5.54 Å². The largest absolute Gasteiger partial charge is 0.394 e. The van der Waals surface area contributed by atoms with Crippen molar-refractivity contribution in [3.05, 3.63) is 11.8 Å². The van der Waals surface area contributed by atoms with Crippen LogP contribution in [0, 0.1) is 0 Å². The molecule has 8 nitrogen and oxygen atoms in total. The maximum Gasteiger partial charge on any atom is 0.256 e. The lowest BCUT2D eigenvalue weighted by molar-refractivity contribution is -0.105. The summed E-state index contributed by atoms with van der Waals surface area (Å²) in [7, 11) is 1.96. The Morgan fingerprint density at radius 1 is 1.65 bits per heavy atom. The molecule has 0 aromatic carbocycles. The molecular weight excluding hydrogens is 298 g/mol. The molecule has 3 N–H and O–H groups in total. The van der Waals surface area contributed by atoms with E-state index in [1.807, 2.05) is 18.7 Å². The fraction of sp³-hybridized carbons (Fsp3) is 0.733. The van der Waals surface area contributed by atoms with Crippen molar-refractivity contribution in [2.24, 2.45) is 0 Å². The molecule has 128 valence electrons. The lowest BCUT2D eigenvalue weighted by Crippen LogP contribution is -2.65. The van der Waals surface area contributed by atoms with Gasteiger partial charge in [0, 0.05) is 25.7 Å². The van der Waals surface area contributed by atoms with Gasteiger partial charge >= 0.3 is 0 Å². The third kappa shape index (κ3) is 2.93. The van der Waals surface area contributed by atoms with Crippen molar-refractivity contribution in [2.75, 3.05) is 45.3 Å². The number of likely N-dealkylation sites (N-methyl/N-ethyl adjacent to an activating group) is 1. The number of amides is 1. The molecule has 0 radical (unpaired) electrons. The van der Waals surface area contributed by atoms with E-state index in [-0.39, 0.29) is 18.6 Å². The van der Waals surface area contributed by atoms with Crippen LogP contribution in [0.25, 0.3) is 0 Å². The molecule has 1 aromatic rings. The van der Waals surface area contributed by atoms with Crippen LogP contribution >= 0.6 is 0 Å². The molecule has 1 aromatic heterocycles. The van der Waals surface area contributed by atoms with Crippen LogP contribution in [0.3, 0.4) is 0 Å². The molecular formula is C15H25N5O3. The first-order valence-corrected chi connectivity index (χ1v) is 8.07. The summed E-state index contributed by atoms with van der Waals surface area (Å²) in [6.45, 7) is 5.00. The number of nitrogens with one attached hydrogen (secondary N) is 2. The first-order valence-electron chi connectivity index (χ1n) is 8.07. The number of fused-ring (bicyclic) bond motifs is 1. The minimum absolute atomic E-state index is 0.0709. The lowest BCUT2D eigenvalue weighted by atomic mass is 9.96. The number of aliphatic hydroxyl groups excluding tert-OH is 1. The van der Waals surface area contributed by atoms with E-state index in [9.17, 15) is 9.90 Å². The monoisotopic (exact) mass is 323 g/mol. The van der Waals surface area contributed by atoms with Gasteiger partial charge in [-0.3, -0.25) is 9.69 Å². The third-order valence-electron chi connectivity index (χ3n) is 4.93. The third-order valence-corrected chi connectivity index (χ3v) is 4.93. The summed E-state index contributed by atoms with van der Waals surface area (Å²) in [6, 6.07) is 0.193. The highest BCUT2D eigenvalue weighted by atomic mass is 16.5. The van der Waals surface area contributed by atoms with Crippen molar-refractivity contribution in [2.45, 2.75) is 31.5 Å². The van der Waals surface area contributed by atoms with Gasteiger partial charge < -0.3 is 20.5 Å². The summed E-state index contributed by atoms with van der Waals surface area (Å²) < 4.78 is 7.41. The first kappa shape index (κ1) is 16.2. The molecule has 1 amide bonds. The second-order valence-electron chi connectivity index (χ2n) is 6.45. The predicted octanol–water partition coefficient (Wildman–Crippen LogP) is -0.490. The highest BCUT2D eigenvalue weighted by Crippen LogP contribution is 2.23. The van der Waals surface area contributed by atoms with Gasteiger partial charge in [0.2, 0.25) is 0 Å². The van der Waals surface area contributed by atoms with Gasteiger partial charge in [0.05, 0.1) is 31.6 Å². The Hall–Kier alpha value is -1.64. The highest BCUT2D eigenvalue weighted by Gasteiger charge is 2.40. The number of hydrogen-bond donors (Lipinski definition) is 3. The second kappa shape index (κ2) is 6.46. The van der Waals surface area contributed by atoms with E-state index in [1.54, 1.807) is 6.20 Å². The Morgan fingerprint density at radius 3 is 3.26 bits per heavy atom. The van der Waals surface area contributed by atoms with Crippen molar-refractivity contribution in [1.29, 1.82) is 0 Å². The number of hydrogen-bond acceptors (Lipinski definition) is 6. The maximum absolute atomic E-state index is 12.5. The second-order valence-corrected chi connectivity index (χ2v) is 6.45. The molecule has 2 aliphatic heterocycles. The lowest BCUT2D eigenvalue weighted by Gasteiger charge is -2.47. The van der Waals surface area contributed by atoms with Crippen LogP contribution in [0.2, 0.25) is 0 Å². The SMILES string of the molecule is C[C@@H]1COC[C@@](CO)(CNC(=O)c2cnn3c2NCCC3)N1C. The molecule has 1 fully saturated rings. The van der Waals surface area contributed by atoms with Crippen LogP contribution in [-0.4, -0.2) is 77.2 Å². The van der Waals surface area contributed by atoms with Crippen LogP contribution in [0.4, 0.5) is 5.82 Å². The molecule has 2 atom stereocenters. The molecule has 1 saturated heterocycles. The smallest absolute Gasteiger partial charge is 0.256 e. The van der Waals surface area contributed by atoms with E-state index in [1.165, 1.54) is 0 Å². The summed E-state index contributed by atoms with van der Waals surface area (Å²) in [6.07, 6.45) is 2.60. The van der Waals surface area contributed by atoms with Crippen molar-refractivity contribution in [3.8, 4) is 0 Å². The topological polar surface area (TPSA) is 91.6 Å². The number of carbonyl (C=O) groups is 1. The molecule has 0 saturated carbocycles. The van der Waals surface area contributed by atoms with Gasteiger partial charge in [0.15, 0.2) is 0 Å². The van der Waals surface area contributed by atoms with Gasteiger partial charge in [-0.15, -0.1) is 0 Å². The van der Waals surface area contributed by atoms with Gasteiger partial charge in [-0.1, -0.05) is 0 Å². The fourth-order valence-corrected chi connectivity index (χ4v) is 3.17. The Balaban J connectivity index is 1.69. The van der Waals surface area contributed by atoms with Crippen LogP contribution in [0.1, 0.15) is 23.7 Å². The maximum atomic E-state index is 12.5. The number of aliphatic hydroxyl groups is 1. The van der Waals surface area contributed by atoms with Crippen LogP contribution < -0.4 is 10.6 Å². The van der Waals surface area contributed by atoms with Crippen LogP contribution in [-0.2, 0) is 11.3 Å². The zero-order valence-electron chi connectivity index (χ0n) is 13.7. The molecule has 0 aliphatic carbocycles. The molecule has 8 heteroatoms. The average molecular weight is 323 g/mol. The molecule has 0 spiro atoms. The summed E-state index contributed by atoms with van der Waals surface area (Å²) >= 11 is 0. The number of carbonyl (C=O) groups excluding carboxylic acids is 1. The van der Waals surface area contributed by atoms with Crippen molar-refractivity contribution in [3.63, 3.8) is 0 Å². The number of aromatic nitrogens is 2. The number of morpholine rings is 1. The summed E-state index contributed by atoms with van der Waals surface area (Å²) in [5.74, 6) is 0.591. The molecule has 0 unspecified atom stereocenters. The van der Waals surface area contributed by atoms with E-state index in [4.69, 9.17) is 4.74 Å². The Bertz CT molecular complexity index is 575. The standard InChI is InChI=1S/C15H25N5O3/c1-11-7-23-10-15(9-21,19(11)2)8-17-14(22)12-6-18-20-5-3-4-16-13(12)20/h6,11,16,21H,3-5,7-10H2,1-2H3,(H,17,22)/t11-,15+/m1/s1. The van der Waals surface area contributed by atoms with Gasteiger partial charge in [0.25, 0.3) is 5.91 Å². The van der Waals surface area contributed by atoms with E-state index in [0.29, 0.717) is 25.3 Å². The summed E-state index contributed by atoms with van der Waals surface area (Å²) in [5, 5.41) is 20.3. The van der Waals surface area contributed by atoms with Crippen molar-refractivity contribution < 1.29 is 14.6 Å². The highest BCUT2D eigenvalue weighted by molar-refractivity contribution is 5.98. The molecule has 3 heterocycles. The number of nitrogens with zero attached hydrogens (tertiary/aromatic N) is 3. The zero-order chi connectivity index (χ0) is 16.4.